The Kier molecular flexibility index (Phi) is 9.10. The molecule has 0 radical (unpaired) electrons. The lowest BCUT2D eigenvalue weighted by molar-refractivity contribution is -0.138. The zero-order valence-corrected chi connectivity index (χ0v) is 20.6. The van der Waals surface area contributed by atoms with E-state index >= 15 is 0 Å². The van der Waals surface area contributed by atoms with E-state index < -0.39 is 21.8 Å². The van der Waals surface area contributed by atoms with Gasteiger partial charge >= 0.3 is 11.8 Å². The number of carbonyl (C=O) groups excluding carboxylic acids is 2. The average Bonchev–Trinajstić information content (AvgIpc) is 3.22. The molecule has 0 aromatic heterocycles. The first kappa shape index (κ1) is 25.7. The highest BCUT2D eigenvalue weighted by molar-refractivity contribution is 8.23. The second-order valence-electron chi connectivity index (χ2n) is 7.27. The number of carbonyl (C=O) groups is 2. The standard InChI is InChI=1S/C21H25N5O5S3/c27-12-1-10-22-19(28)20(29)24-23-16-4-6-17(7-5-16)25-34(30,31)18-8-2-15(3-9-18)14-26-11-13-33-21(26)32/h2-9,23,25,27H,1,10-14H2,(H,22,28)(H,24,29). The van der Waals surface area contributed by atoms with Gasteiger partial charge in [-0.2, -0.15) is 0 Å². The quantitative estimate of drug-likeness (QED) is 0.135. The summed E-state index contributed by atoms with van der Waals surface area (Å²) in [6.07, 6.45) is 0.348. The third kappa shape index (κ3) is 7.32. The van der Waals surface area contributed by atoms with Gasteiger partial charge in [-0.05, 0) is 48.4 Å². The van der Waals surface area contributed by atoms with Gasteiger partial charge in [-0.3, -0.25) is 25.2 Å². The van der Waals surface area contributed by atoms with Crippen molar-refractivity contribution in [1.82, 2.24) is 15.6 Å². The summed E-state index contributed by atoms with van der Waals surface area (Å²) in [5, 5.41) is 11.0. The van der Waals surface area contributed by atoms with E-state index in [1.54, 1.807) is 48.2 Å². The number of hydrogen-bond acceptors (Lipinski definition) is 8. The van der Waals surface area contributed by atoms with Crippen molar-refractivity contribution in [3.8, 4) is 0 Å². The van der Waals surface area contributed by atoms with Crippen molar-refractivity contribution in [3.63, 3.8) is 0 Å². The third-order valence-electron chi connectivity index (χ3n) is 4.74. The van der Waals surface area contributed by atoms with Gasteiger partial charge in [0.25, 0.3) is 10.0 Å². The van der Waals surface area contributed by atoms with Crippen molar-refractivity contribution in [2.45, 2.75) is 17.9 Å². The van der Waals surface area contributed by atoms with Gasteiger partial charge in [-0.15, -0.1) is 0 Å². The Labute approximate surface area is 207 Å². The fraction of sp³-hybridized carbons (Fsp3) is 0.286. The predicted molar refractivity (Wildman–Crippen MR) is 136 cm³/mol. The number of aliphatic hydroxyl groups excluding tert-OH is 1. The van der Waals surface area contributed by atoms with Crippen LogP contribution in [0.3, 0.4) is 0 Å². The number of rotatable bonds is 10. The number of nitrogens with zero attached hydrogens (tertiary/aromatic N) is 1. The molecule has 1 heterocycles. The number of benzene rings is 2. The van der Waals surface area contributed by atoms with E-state index in [2.05, 4.69) is 25.8 Å². The maximum atomic E-state index is 12.7. The van der Waals surface area contributed by atoms with Crippen molar-refractivity contribution in [2.75, 3.05) is 35.6 Å². The number of hydrogen-bond donors (Lipinski definition) is 5. The molecule has 2 aromatic rings. The van der Waals surface area contributed by atoms with E-state index in [1.807, 2.05) is 0 Å². The van der Waals surface area contributed by atoms with E-state index in [1.165, 1.54) is 12.1 Å². The van der Waals surface area contributed by atoms with Crippen molar-refractivity contribution >= 4 is 61.5 Å². The van der Waals surface area contributed by atoms with Crippen LogP contribution in [0.15, 0.2) is 53.4 Å². The van der Waals surface area contributed by atoms with E-state index in [-0.39, 0.29) is 18.0 Å². The summed E-state index contributed by atoms with van der Waals surface area (Å²) in [5.74, 6) is -0.758. The minimum Gasteiger partial charge on any atom is -0.396 e. The fourth-order valence-electron chi connectivity index (χ4n) is 2.95. The second-order valence-corrected chi connectivity index (χ2v) is 10.7. The molecule has 0 unspecified atom stereocenters. The molecule has 3 rings (SSSR count). The van der Waals surface area contributed by atoms with Crippen molar-refractivity contribution in [2.24, 2.45) is 0 Å². The summed E-state index contributed by atoms with van der Waals surface area (Å²) in [4.78, 5) is 25.5. The molecule has 0 aliphatic carbocycles. The number of amides is 2. The molecule has 1 aliphatic heterocycles. The maximum Gasteiger partial charge on any atom is 0.327 e. The number of aliphatic hydroxyl groups is 1. The number of thiocarbonyl (C=S) groups is 1. The lowest BCUT2D eigenvalue weighted by Gasteiger charge is -2.17. The summed E-state index contributed by atoms with van der Waals surface area (Å²) < 4.78 is 28.8. The van der Waals surface area contributed by atoms with Crippen molar-refractivity contribution in [1.29, 1.82) is 0 Å². The van der Waals surface area contributed by atoms with Gasteiger partial charge in [-0.1, -0.05) is 36.1 Å². The van der Waals surface area contributed by atoms with Gasteiger partial charge in [0.1, 0.15) is 4.32 Å². The van der Waals surface area contributed by atoms with Crippen LogP contribution in [0.1, 0.15) is 12.0 Å². The fourth-order valence-corrected chi connectivity index (χ4v) is 5.24. The van der Waals surface area contributed by atoms with Gasteiger partial charge in [0.15, 0.2) is 0 Å². The predicted octanol–water partition coefficient (Wildman–Crippen LogP) is 1.26. The molecule has 0 saturated carbocycles. The van der Waals surface area contributed by atoms with Crippen LogP contribution >= 0.6 is 24.0 Å². The Morgan fingerprint density at radius 1 is 1.03 bits per heavy atom. The monoisotopic (exact) mass is 523 g/mol. The molecule has 10 nitrogen and oxygen atoms in total. The summed E-state index contributed by atoms with van der Waals surface area (Å²) in [5.41, 5.74) is 6.57. The second kappa shape index (κ2) is 12.0. The molecule has 34 heavy (non-hydrogen) atoms. The molecule has 2 amide bonds. The molecule has 182 valence electrons. The Morgan fingerprint density at radius 2 is 1.71 bits per heavy atom. The first-order valence-corrected chi connectivity index (χ1v) is 13.2. The number of hydrazine groups is 1. The van der Waals surface area contributed by atoms with E-state index in [9.17, 15) is 18.0 Å². The highest BCUT2D eigenvalue weighted by Crippen LogP contribution is 2.22. The summed E-state index contributed by atoms with van der Waals surface area (Å²) in [7, 11) is -3.78. The molecular formula is C21H25N5O5S3. The Hall–Kier alpha value is -2.87. The smallest absolute Gasteiger partial charge is 0.327 e. The van der Waals surface area contributed by atoms with Crippen LogP contribution in [0.4, 0.5) is 11.4 Å². The molecule has 5 N–H and O–H groups in total. The first-order chi connectivity index (χ1) is 16.3. The molecule has 0 spiro atoms. The van der Waals surface area contributed by atoms with E-state index in [4.69, 9.17) is 17.3 Å². The minimum absolute atomic E-state index is 0.0886. The molecule has 1 aliphatic rings. The zero-order chi connectivity index (χ0) is 24.6. The summed E-state index contributed by atoms with van der Waals surface area (Å²) in [6.45, 7) is 1.63. The summed E-state index contributed by atoms with van der Waals surface area (Å²) in [6, 6.07) is 12.8. The Morgan fingerprint density at radius 3 is 2.32 bits per heavy atom. The van der Waals surface area contributed by atoms with Crippen LogP contribution in [-0.4, -0.2) is 60.0 Å². The van der Waals surface area contributed by atoms with Gasteiger partial charge < -0.3 is 15.3 Å². The molecule has 1 fully saturated rings. The molecule has 0 atom stereocenters. The SMILES string of the molecule is O=C(NCCCO)C(=O)NNc1ccc(NS(=O)(=O)c2ccc(CN3CCSC3=S)cc2)cc1. The molecular weight excluding hydrogens is 498 g/mol. The van der Waals surface area contributed by atoms with Crippen LogP contribution in [0, 0.1) is 0 Å². The molecule has 13 heteroatoms. The van der Waals surface area contributed by atoms with Crippen LogP contribution < -0.4 is 20.9 Å². The van der Waals surface area contributed by atoms with Crippen molar-refractivity contribution in [3.05, 3.63) is 54.1 Å². The van der Waals surface area contributed by atoms with Gasteiger partial charge in [0.2, 0.25) is 0 Å². The van der Waals surface area contributed by atoms with Crippen LogP contribution in [0.5, 0.6) is 0 Å². The highest BCUT2D eigenvalue weighted by Gasteiger charge is 2.19. The minimum atomic E-state index is -3.78. The first-order valence-electron chi connectivity index (χ1n) is 10.4. The molecule has 1 saturated heterocycles. The maximum absolute atomic E-state index is 12.7. The lowest BCUT2D eigenvalue weighted by atomic mass is 10.2. The van der Waals surface area contributed by atoms with E-state index in [0.29, 0.717) is 24.3 Å². The van der Waals surface area contributed by atoms with Crippen molar-refractivity contribution < 1.29 is 23.1 Å². The van der Waals surface area contributed by atoms with Crippen LogP contribution in [0.25, 0.3) is 0 Å². The molecule has 2 aromatic carbocycles. The van der Waals surface area contributed by atoms with E-state index in [0.717, 1.165) is 22.2 Å². The summed E-state index contributed by atoms with van der Waals surface area (Å²) >= 11 is 6.94. The zero-order valence-electron chi connectivity index (χ0n) is 18.1. The van der Waals surface area contributed by atoms with Crippen LogP contribution in [0.2, 0.25) is 0 Å². The number of anilines is 2. The topological polar surface area (TPSA) is 140 Å². The number of thioether (sulfide) groups is 1. The normalized spacial score (nSPS) is 13.4. The highest BCUT2D eigenvalue weighted by atomic mass is 32.2. The number of nitrogens with one attached hydrogen (secondary N) is 4. The van der Waals surface area contributed by atoms with Crippen LogP contribution in [-0.2, 0) is 26.2 Å². The number of sulfonamides is 1. The largest absolute Gasteiger partial charge is 0.396 e. The van der Waals surface area contributed by atoms with Gasteiger partial charge in [0.05, 0.1) is 10.6 Å². The lowest BCUT2D eigenvalue weighted by Crippen LogP contribution is -2.42. The third-order valence-corrected chi connectivity index (χ3v) is 7.64. The van der Waals surface area contributed by atoms with Gasteiger partial charge in [-0.25, -0.2) is 8.42 Å². The Bertz CT molecular complexity index is 1120. The average molecular weight is 524 g/mol. The molecule has 0 bridgehead atoms. The van der Waals surface area contributed by atoms with Gasteiger partial charge in [0, 0.05) is 37.7 Å². The Balaban J connectivity index is 1.52.